The van der Waals surface area contributed by atoms with Crippen molar-refractivity contribution in [3.05, 3.63) is 170 Å². The van der Waals surface area contributed by atoms with Gasteiger partial charge >= 0.3 is 0 Å². The van der Waals surface area contributed by atoms with Crippen LogP contribution >= 0.6 is 0 Å². The smallest absolute Gasteiger partial charge is 0.0970 e. The Kier molecular flexibility index (Phi) is 6.17. The summed E-state index contributed by atoms with van der Waals surface area (Å²) in [6, 6.07) is 56.6. The van der Waals surface area contributed by atoms with Gasteiger partial charge in [0.05, 0.1) is 11.0 Å². The first-order chi connectivity index (χ1) is 22.8. The van der Waals surface area contributed by atoms with Gasteiger partial charge in [0.25, 0.3) is 0 Å². The maximum absolute atomic E-state index is 4.84. The first kappa shape index (κ1) is 26.3. The van der Waals surface area contributed by atoms with E-state index in [-0.39, 0.29) is 0 Å². The summed E-state index contributed by atoms with van der Waals surface area (Å²) < 4.78 is 0. The van der Waals surface area contributed by atoms with Gasteiger partial charge in [-0.2, -0.15) is 0 Å². The molecule has 0 bridgehead atoms. The summed E-state index contributed by atoms with van der Waals surface area (Å²) in [5.74, 6) is 0. The molecule has 214 valence electrons. The molecule has 9 aromatic rings. The van der Waals surface area contributed by atoms with E-state index < -0.39 is 0 Å². The minimum Gasteiger partial charge on any atom is -0.254 e. The molecule has 2 aromatic heterocycles. The van der Waals surface area contributed by atoms with Gasteiger partial charge in [-0.3, -0.25) is 9.97 Å². The first-order valence-electron chi connectivity index (χ1n) is 15.6. The van der Waals surface area contributed by atoms with Crippen LogP contribution in [0, 0.1) is 0 Å². The Morgan fingerprint density at radius 1 is 0.283 bits per heavy atom. The Bertz CT molecular complexity index is 2380. The van der Waals surface area contributed by atoms with Gasteiger partial charge in [0.15, 0.2) is 0 Å². The number of hydrogen-bond donors (Lipinski definition) is 0. The predicted molar refractivity (Wildman–Crippen MR) is 194 cm³/mol. The van der Waals surface area contributed by atoms with Crippen LogP contribution in [0.5, 0.6) is 0 Å². The van der Waals surface area contributed by atoms with Crippen LogP contribution in [0.25, 0.3) is 87.9 Å². The highest BCUT2D eigenvalue weighted by Crippen LogP contribution is 2.36. The molecule has 9 rings (SSSR count). The Balaban J connectivity index is 1.07. The fourth-order valence-corrected chi connectivity index (χ4v) is 6.75. The monoisotopic (exact) mass is 584 g/mol. The Hall–Kier alpha value is -6.12. The zero-order chi connectivity index (χ0) is 30.5. The van der Waals surface area contributed by atoms with Crippen molar-refractivity contribution in [2.45, 2.75) is 0 Å². The van der Waals surface area contributed by atoms with E-state index in [1.807, 2.05) is 12.4 Å². The summed E-state index contributed by atoms with van der Waals surface area (Å²) in [6.45, 7) is 0. The van der Waals surface area contributed by atoms with E-state index in [4.69, 9.17) is 9.97 Å². The summed E-state index contributed by atoms with van der Waals surface area (Å²) in [7, 11) is 0. The van der Waals surface area contributed by atoms with Crippen molar-refractivity contribution in [3.63, 3.8) is 0 Å². The van der Waals surface area contributed by atoms with Crippen molar-refractivity contribution < 1.29 is 0 Å². The molecule has 0 radical (unpaired) electrons. The fraction of sp³-hybridized carbons (Fsp3) is 0. The van der Waals surface area contributed by atoms with Gasteiger partial charge in [-0.15, -0.1) is 0 Å². The van der Waals surface area contributed by atoms with Gasteiger partial charge in [-0.1, -0.05) is 133 Å². The standard InChI is InChI=1S/C44H28N2/c1-3-7-35-27-37(19-13-29(35)5-1)31-9-15-33(16-10-31)39-23-25-45-43-41(39)21-22-42-40(24-26-46-44(42)43)34-17-11-32(12-18-34)38-20-14-30-6-2-4-8-36(30)28-38/h1-28H. The third-order valence-electron chi connectivity index (χ3n) is 9.18. The number of nitrogens with zero attached hydrogens (tertiary/aromatic N) is 2. The van der Waals surface area contributed by atoms with Crippen molar-refractivity contribution >= 4 is 43.4 Å². The van der Waals surface area contributed by atoms with Gasteiger partial charge in [0.1, 0.15) is 0 Å². The molecule has 0 fully saturated rings. The van der Waals surface area contributed by atoms with E-state index in [9.17, 15) is 0 Å². The second kappa shape index (κ2) is 10.8. The number of fused-ring (bicyclic) bond motifs is 5. The van der Waals surface area contributed by atoms with Gasteiger partial charge in [0.2, 0.25) is 0 Å². The Labute approximate surface area is 267 Å². The SMILES string of the molecule is c1ccc2cc(-c3ccc(-c4ccnc5c4ccc4c(-c6ccc(-c7ccc8ccccc8c7)cc6)ccnc45)cc3)ccc2c1. The number of pyridine rings is 2. The molecule has 0 unspecified atom stereocenters. The van der Waals surface area contributed by atoms with E-state index in [1.54, 1.807) is 0 Å². The number of aromatic nitrogens is 2. The van der Waals surface area contributed by atoms with Gasteiger partial charge in [-0.25, -0.2) is 0 Å². The van der Waals surface area contributed by atoms with E-state index in [2.05, 4.69) is 158 Å². The molecule has 0 aliphatic carbocycles. The average molecular weight is 585 g/mol. The molecule has 0 saturated carbocycles. The van der Waals surface area contributed by atoms with Crippen LogP contribution in [-0.4, -0.2) is 9.97 Å². The molecule has 2 heterocycles. The zero-order valence-electron chi connectivity index (χ0n) is 25.1. The molecule has 0 N–H and O–H groups in total. The lowest BCUT2D eigenvalue weighted by molar-refractivity contribution is 1.37. The summed E-state index contributed by atoms with van der Waals surface area (Å²) in [6.07, 6.45) is 3.81. The molecule has 0 saturated heterocycles. The largest absolute Gasteiger partial charge is 0.254 e. The molecule has 46 heavy (non-hydrogen) atoms. The van der Waals surface area contributed by atoms with Gasteiger partial charge in [0, 0.05) is 23.2 Å². The normalized spacial score (nSPS) is 11.5. The second-order valence-electron chi connectivity index (χ2n) is 11.9. The number of benzene rings is 7. The van der Waals surface area contributed by atoms with E-state index in [1.165, 1.54) is 43.8 Å². The van der Waals surface area contributed by atoms with Crippen LogP contribution in [0.15, 0.2) is 170 Å². The molecule has 0 aliphatic heterocycles. The van der Waals surface area contributed by atoms with Crippen molar-refractivity contribution in [2.75, 3.05) is 0 Å². The lowest BCUT2D eigenvalue weighted by Gasteiger charge is -2.12. The summed E-state index contributed by atoms with van der Waals surface area (Å²) in [4.78, 5) is 9.68. The topological polar surface area (TPSA) is 25.8 Å². The molecule has 2 nitrogen and oxygen atoms in total. The summed E-state index contributed by atoms with van der Waals surface area (Å²) in [5.41, 5.74) is 11.3. The highest BCUT2D eigenvalue weighted by atomic mass is 14.7. The van der Waals surface area contributed by atoms with Gasteiger partial charge in [-0.05, 0) is 90.3 Å². The minimum atomic E-state index is 0.920. The van der Waals surface area contributed by atoms with E-state index in [0.717, 1.165) is 44.1 Å². The van der Waals surface area contributed by atoms with E-state index in [0.29, 0.717) is 0 Å². The van der Waals surface area contributed by atoms with Gasteiger partial charge < -0.3 is 0 Å². The minimum absolute atomic E-state index is 0.920. The average Bonchev–Trinajstić information content (AvgIpc) is 3.14. The van der Waals surface area contributed by atoms with Crippen LogP contribution < -0.4 is 0 Å². The number of hydrogen-bond acceptors (Lipinski definition) is 2. The Morgan fingerprint density at radius 3 is 1.09 bits per heavy atom. The number of rotatable bonds is 4. The summed E-state index contributed by atoms with van der Waals surface area (Å²) in [5, 5.41) is 7.23. The molecule has 0 aliphatic rings. The van der Waals surface area contributed by atoms with Crippen LogP contribution in [0.1, 0.15) is 0 Å². The molecule has 7 aromatic carbocycles. The molecule has 2 heteroatoms. The third kappa shape index (κ3) is 4.51. The lowest BCUT2D eigenvalue weighted by Crippen LogP contribution is -1.91. The molecule has 0 spiro atoms. The molecule has 0 amide bonds. The first-order valence-corrected chi connectivity index (χ1v) is 15.6. The lowest BCUT2D eigenvalue weighted by atomic mass is 9.94. The molecule has 0 atom stereocenters. The highest BCUT2D eigenvalue weighted by Gasteiger charge is 2.13. The second-order valence-corrected chi connectivity index (χ2v) is 11.9. The van der Waals surface area contributed by atoms with Crippen LogP contribution in [0.4, 0.5) is 0 Å². The predicted octanol–water partition coefficient (Wildman–Crippen LogP) is 11.8. The van der Waals surface area contributed by atoms with Crippen molar-refractivity contribution in [2.24, 2.45) is 0 Å². The van der Waals surface area contributed by atoms with Crippen molar-refractivity contribution in [1.29, 1.82) is 0 Å². The maximum atomic E-state index is 4.84. The van der Waals surface area contributed by atoms with Crippen molar-refractivity contribution in [1.82, 2.24) is 9.97 Å². The van der Waals surface area contributed by atoms with Crippen LogP contribution in [-0.2, 0) is 0 Å². The quantitative estimate of drug-likeness (QED) is 0.192. The van der Waals surface area contributed by atoms with E-state index >= 15 is 0 Å². The molecular weight excluding hydrogens is 556 g/mol. The van der Waals surface area contributed by atoms with Crippen LogP contribution in [0.3, 0.4) is 0 Å². The Morgan fingerprint density at radius 2 is 0.652 bits per heavy atom. The zero-order valence-corrected chi connectivity index (χ0v) is 25.1. The summed E-state index contributed by atoms with van der Waals surface area (Å²) >= 11 is 0. The molecular formula is C44H28N2. The van der Waals surface area contributed by atoms with Crippen molar-refractivity contribution in [3.8, 4) is 44.5 Å². The third-order valence-corrected chi connectivity index (χ3v) is 9.18. The fourth-order valence-electron chi connectivity index (χ4n) is 6.75. The van der Waals surface area contributed by atoms with Crippen LogP contribution in [0.2, 0.25) is 0 Å². The maximum Gasteiger partial charge on any atom is 0.0970 e. The highest BCUT2D eigenvalue weighted by molar-refractivity contribution is 6.11.